The molecule has 1 unspecified atom stereocenters. The number of nitrogens with one attached hydrogen (secondary N) is 1. The third kappa shape index (κ3) is 5.41. The van der Waals surface area contributed by atoms with Gasteiger partial charge in [-0.3, -0.25) is 24.5 Å². The predicted molar refractivity (Wildman–Crippen MR) is 154 cm³/mol. The quantitative estimate of drug-likeness (QED) is 0.391. The van der Waals surface area contributed by atoms with E-state index in [0.717, 1.165) is 17.3 Å². The molecule has 3 aromatic rings. The topological polar surface area (TPSA) is 86.8 Å². The summed E-state index contributed by atoms with van der Waals surface area (Å²) in [5, 5.41) is 1.77. The number of carbonyl (C=O) groups excluding carboxylic acids is 4. The zero-order valence-corrected chi connectivity index (χ0v) is 23.9. The Balaban J connectivity index is 1.14. The van der Waals surface area contributed by atoms with Crippen LogP contribution in [0, 0.1) is 0 Å². The third-order valence-corrected chi connectivity index (χ3v) is 9.55. The molecule has 2 fully saturated rings. The first-order valence-electron chi connectivity index (χ1n) is 13.6. The first-order chi connectivity index (χ1) is 20.1. The second-order valence-corrected chi connectivity index (χ2v) is 12.4. The molecule has 3 aliphatic rings. The molecule has 3 aliphatic heterocycles. The van der Waals surface area contributed by atoms with Crippen molar-refractivity contribution in [3.05, 3.63) is 88.4 Å². The van der Waals surface area contributed by atoms with Crippen LogP contribution in [0.2, 0.25) is 5.02 Å². The molecule has 0 bridgehead atoms. The summed E-state index contributed by atoms with van der Waals surface area (Å²) in [5.74, 6) is -4.78. The third-order valence-electron chi connectivity index (χ3n) is 7.91. The highest BCUT2D eigenvalue weighted by atomic mass is 35.5. The van der Waals surface area contributed by atoms with Crippen LogP contribution in [0.4, 0.5) is 8.78 Å². The number of carbonyl (C=O) groups is 4. The fourth-order valence-corrected chi connectivity index (χ4v) is 7.03. The number of halogens is 3. The normalized spacial score (nSPS) is 21.7. The SMILES string of the molecule is O=C1CCC(N2Cc3cc(S[C@H]4CCN(C(=O)c5ccccc5-c5ccc(Cl)cc5)CC4(F)F)ccc3C2=O)C(=O)N1. The molecule has 2 saturated heterocycles. The van der Waals surface area contributed by atoms with Crippen molar-refractivity contribution < 1.29 is 28.0 Å². The molecule has 0 radical (unpaired) electrons. The summed E-state index contributed by atoms with van der Waals surface area (Å²) < 4.78 is 31.0. The molecule has 11 heteroatoms. The number of hydrogen-bond acceptors (Lipinski definition) is 5. The summed E-state index contributed by atoms with van der Waals surface area (Å²) in [6.07, 6.45) is 0.491. The van der Waals surface area contributed by atoms with Gasteiger partial charge in [0.05, 0.1) is 11.8 Å². The largest absolute Gasteiger partial charge is 0.333 e. The number of alkyl halides is 2. The molecule has 0 saturated carbocycles. The van der Waals surface area contributed by atoms with Gasteiger partial charge in [0, 0.05) is 40.6 Å². The van der Waals surface area contributed by atoms with Crippen LogP contribution in [0.3, 0.4) is 0 Å². The van der Waals surface area contributed by atoms with E-state index in [1.807, 2.05) is 0 Å². The Morgan fingerprint density at radius 3 is 2.48 bits per heavy atom. The minimum atomic E-state index is -3.15. The number of benzene rings is 3. The molecular weight excluding hydrogens is 584 g/mol. The zero-order chi connectivity index (χ0) is 29.6. The van der Waals surface area contributed by atoms with Crippen LogP contribution in [-0.2, 0) is 16.1 Å². The van der Waals surface area contributed by atoms with Crippen LogP contribution < -0.4 is 5.32 Å². The summed E-state index contributed by atoms with van der Waals surface area (Å²) in [5.41, 5.74) is 2.86. The molecule has 2 atom stereocenters. The van der Waals surface area contributed by atoms with Gasteiger partial charge in [0.1, 0.15) is 6.04 Å². The second-order valence-electron chi connectivity index (χ2n) is 10.7. The number of nitrogens with zero attached hydrogens (tertiary/aromatic N) is 2. The highest BCUT2D eigenvalue weighted by molar-refractivity contribution is 8.00. The molecule has 6 rings (SSSR count). The number of thioether (sulfide) groups is 1. The standard InChI is InChI=1S/C31H26ClF2N3O4S/c32-20-7-5-18(6-8-20)22-3-1-2-4-24(22)29(40)36-14-13-26(31(33,34)17-36)42-21-9-10-23-19(15-21)16-37(30(23)41)25-11-12-27(38)35-28(25)39/h1-10,15,25-26H,11-14,16-17H2,(H,35,38,39)/t25?,26-/m0/s1. The van der Waals surface area contributed by atoms with Gasteiger partial charge in [0.25, 0.3) is 17.7 Å². The number of fused-ring (bicyclic) bond motifs is 1. The number of rotatable bonds is 5. The summed E-state index contributed by atoms with van der Waals surface area (Å²) in [4.78, 5) is 53.5. The fourth-order valence-electron chi connectivity index (χ4n) is 5.75. The van der Waals surface area contributed by atoms with Crippen LogP contribution >= 0.6 is 23.4 Å². The number of imide groups is 1. The molecule has 0 spiro atoms. The Hall–Kier alpha value is -3.76. The lowest BCUT2D eigenvalue weighted by Crippen LogP contribution is -2.52. The van der Waals surface area contributed by atoms with Crippen molar-refractivity contribution in [1.82, 2.24) is 15.1 Å². The molecular formula is C31H26ClF2N3O4S. The van der Waals surface area contributed by atoms with Crippen LogP contribution in [0.25, 0.3) is 11.1 Å². The average Bonchev–Trinajstić information content (AvgIpc) is 3.29. The molecule has 0 aromatic heterocycles. The molecule has 216 valence electrons. The predicted octanol–water partition coefficient (Wildman–Crippen LogP) is 5.41. The van der Waals surface area contributed by atoms with E-state index >= 15 is 8.78 Å². The molecule has 7 nitrogen and oxygen atoms in total. The monoisotopic (exact) mass is 609 g/mol. The van der Waals surface area contributed by atoms with Crippen molar-refractivity contribution >= 4 is 47.0 Å². The van der Waals surface area contributed by atoms with Gasteiger partial charge in [-0.05, 0) is 65.9 Å². The Morgan fingerprint density at radius 2 is 1.74 bits per heavy atom. The van der Waals surface area contributed by atoms with E-state index in [2.05, 4.69) is 5.32 Å². The summed E-state index contributed by atoms with van der Waals surface area (Å²) >= 11 is 7.04. The maximum Gasteiger partial charge on any atom is 0.277 e. The Bertz CT molecular complexity index is 1600. The average molecular weight is 610 g/mol. The lowest BCUT2D eigenvalue weighted by atomic mass is 9.97. The molecule has 42 heavy (non-hydrogen) atoms. The minimum absolute atomic E-state index is 0.0882. The van der Waals surface area contributed by atoms with Gasteiger partial charge in [-0.25, -0.2) is 8.78 Å². The van der Waals surface area contributed by atoms with Crippen LogP contribution in [-0.4, -0.2) is 63.7 Å². The number of piperidine rings is 2. The van der Waals surface area contributed by atoms with Crippen molar-refractivity contribution in [2.45, 2.75) is 47.9 Å². The second kappa shape index (κ2) is 11.1. The zero-order valence-electron chi connectivity index (χ0n) is 22.3. The lowest BCUT2D eigenvalue weighted by Gasteiger charge is -2.38. The molecule has 3 aromatic carbocycles. The summed E-state index contributed by atoms with van der Waals surface area (Å²) in [6, 6.07) is 18.2. The maximum absolute atomic E-state index is 15.5. The number of hydrogen-bond donors (Lipinski definition) is 1. The van der Waals surface area contributed by atoms with Crippen LogP contribution in [0.15, 0.2) is 71.6 Å². The van der Waals surface area contributed by atoms with Crippen molar-refractivity contribution in [3.8, 4) is 11.1 Å². The van der Waals surface area contributed by atoms with Gasteiger partial charge in [-0.15, -0.1) is 11.8 Å². The highest BCUT2D eigenvalue weighted by Crippen LogP contribution is 2.41. The smallest absolute Gasteiger partial charge is 0.277 e. The highest BCUT2D eigenvalue weighted by Gasteiger charge is 2.47. The van der Waals surface area contributed by atoms with E-state index in [-0.39, 0.29) is 44.2 Å². The van der Waals surface area contributed by atoms with Gasteiger partial charge >= 0.3 is 0 Å². The number of amides is 4. The van der Waals surface area contributed by atoms with E-state index in [9.17, 15) is 19.2 Å². The van der Waals surface area contributed by atoms with Crippen molar-refractivity contribution in [2.24, 2.45) is 0 Å². The van der Waals surface area contributed by atoms with Gasteiger partial charge in [-0.1, -0.05) is 41.9 Å². The van der Waals surface area contributed by atoms with Crippen LogP contribution in [0.5, 0.6) is 0 Å². The van der Waals surface area contributed by atoms with Gasteiger partial charge in [0.15, 0.2) is 0 Å². The van der Waals surface area contributed by atoms with Crippen molar-refractivity contribution in [2.75, 3.05) is 13.1 Å². The first kappa shape index (κ1) is 28.4. The van der Waals surface area contributed by atoms with E-state index < -0.39 is 35.6 Å². The van der Waals surface area contributed by atoms with E-state index in [1.54, 1.807) is 66.7 Å². The van der Waals surface area contributed by atoms with Crippen LogP contribution in [0.1, 0.15) is 45.5 Å². The Morgan fingerprint density at radius 1 is 0.976 bits per heavy atom. The van der Waals surface area contributed by atoms with Gasteiger partial charge < -0.3 is 9.80 Å². The minimum Gasteiger partial charge on any atom is -0.333 e. The lowest BCUT2D eigenvalue weighted by molar-refractivity contribution is -0.136. The Kier molecular flexibility index (Phi) is 7.53. The summed E-state index contributed by atoms with van der Waals surface area (Å²) in [6.45, 7) is -0.357. The van der Waals surface area contributed by atoms with Gasteiger partial charge in [-0.2, -0.15) is 0 Å². The van der Waals surface area contributed by atoms with E-state index in [1.165, 1.54) is 9.80 Å². The van der Waals surface area contributed by atoms with Crippen molar-refractivity contribution in [1.29, 1.82) is 0 Å². The fraction of sp³-hybridized carbons (Fsp3) is 0.290. The summed E-state index contributed by atoms with van der Waals surface area (Å²) in [7, 11) is 0. The van der Waals surface area contributed by atoms with E-state index in [0.29, 0.717) is 32.2 Å². The Labute approximate surface area is 250 Å². The molecule has 4 amide bonds. The molecule has 3 heterocycles. The number of likely N-dealkylation sites (tertiary alicyclic amines) is 1. The maximum atomic E-state index is 15.5. The molecule has 1 N–H and O–H groups in total. The first-order valence-corrected chi connectivity index (χ1v) is 14.8. The molecule has 0 aliphatic carbocycles. The van der Waals surface area contributed by atoms with E-state index in [4.69, 9.17) is 11.6 Å². The van der Waals surface area contributed by atoms with Crippen molar-refractivity contribution in [3.63, 3.8) is 0 Å². The van der Waals surface area contributed by atoms with Gasteiger partial charge in [0.2, 0.25) is 11.8 Å².